The molecule has 2 aliphatic rings. The topological polar surface area (TPSA) is 75.6 Å². The van der Waals surface area contributed by atoms with Gasteiger partial charge in [-0.05, 0) is 36.6 Å². The summed E-state index contributed by atoms with van der Waals surface area (Å²) in [7, 11) is 0. The molecule has 4 rings (SSSR count). The van der Waals surface area contributed by atoms with E-state index < -0.39 is 5.41 Å². The molecule has 0 radical (unpaired) electrons. The summed E-state index contributed by atoms with van der Waals surface area (Å²) in [5, 5.41) is 0.628. The summed E-state index contributed by atoms with van der Waals surface area (Å²) in [6.45, 7) is 2.18. The number of rotatable bonds is 5. The average molecular weight is 401 g/mol. The van der Waals surface area contributed by atoms with Crippen molar-refractivity contribution in [2.75, 3.05) is 37.7 Å². The summed E-state index contributed by atoms with van der Waals surface area (Å²) >= 11 is 5.92. The van der Waals surface area contributed by atoms with Crippen molar-refractivity contribution in [1.29, 1.82) is 0 Å². The molecule has 1 saturated heterocycles. The molecule has 8 heteroatoms. The fourth-order valence-electron chi connectivity index (χ4n) is 3.47. The lowest BCUT2D eigenvalue weighted by molar-refractivity contribution is -0.154. The van der Waals surface area contributed by atoms with Crippen molar-refractivity contribution in [2.24, 2.45) is 0 Å². The zero-order chi connectivity index (χ0) is 19.6. The number of hydrogen-bond donors (Lipinski definition) is 0. The molecule has 7 nitrogen and oxygen atoms in total. The molecule has 2 fully saturated rings. The van der Waals surface area contributed by atoms with Crippen molar-refractivity contribution in [3.05, 3.63) is 53.3 Å². The van der Waals surface area contributed by atoms with Gasteiger partial charge in [0.05, 0.1) is 5.41 Å². The van der Waals surface area contributed by atoms with Gasteiger partial charge in [0.25, 0.3) is 5.91 Å². The van der Waals surface area contributed by atoms with Crippen LogP contribution in [0.1, 0.15) is 18.4 Å². The van der Waals surface area contributed by atoms with Gasteiger partial charge in [-0.2, -0.15) is 0 Å². The standard InChI is InChI=1S/C20H21ClN4O3/c21-16-4-2-15(3-5-16)20(6-7-20)18(27)28-14-17(26)24-10-12-25(13-11-24)19-22-8-1-9-23-19/h1-5,8-9H,6-7,10-14H2. The van der Waals surface area contributed by atoms with Gasteiger partial charge in [-0.15, -0.1) is 0 Å². The molecule has 1 amide bonds. The number of aromatic nitrogens is 2. The first-order chi connectivity index (χ1) is 13.6. The van der Waals surface area contributed by atoms with E-state index in [0.29, 0.717) is 37.1 Å². The highest BCUT2D eigenvalue weighted by Crippen LogP contribution is 2.49. The number of benzene rings is 1. The second-order valence-corrected chi connectivity index (χ2v) is 7.52. The molecule has 1 aromatic heterocycles. The maximum absolute atomic E-state index is 12.6. The minimum Gasteiger partial charge on any atom is -0.455 e. The van der Waals surface area contributed by atoms with Crippen LogP contribution in [-0.4, -0.2) is 59.5 Å². The zero-order valence-electron chi connectivity index (χ0n) is 15.4. The van der Waals surface area contributed by atoms with E-state index in [-0.39, 0.29) is 18.5 Å². The molecule has 0 bridgehead atoms. The first-order valence-corrected chi connectivity index (χ1v) is 9.69. The predicted molar refractivity (Wildman–Crippen MR) is 104 cm³/mol. The van der Waals surface area contributed by atoms with Crippen molar-refractivity contribution >= 4 is 29.4 Å². The summed E-state index contributed by atoms with van der Waals surface area (Å²) in [6.07, 6.45) is 4.87. The van der Waals surface area contributed by atoms with Gasteiger partial charge in [0.2, 0.25) is 5.95 Å². The van der Waals surface area contributed by atoms with Gasteiger partial charge < -0.3 is 14.5 Å². The molecule has 28 heavy (non-hydrogen) atoms. The van der Waals surface area contributed by atoms with E-state index >= 15 is 0 Å². The third kappa shape index (κ3) is 3.80. The Morgan fingerprint density at radius 1 is 1.04 bits per heavy atom. The summed E-state index contributed by atoms with van der Waals surface area (Å²) in [5.74, 6) is 0.160. The van der Waals surface area contributed by atoms with Gasteiger partial charge in [0, 0.05) is 43.6 Å². The molecule has 0 spiro atoms. The predicted octanol–water partition coefficient (Wildman–Crippen LogP) is 2.05. The monoisotopic (exact) mass is 400 g/mol. The Kier molecular flexibility index (Phi) is 5.17. The van der Waals surface area contributed by atoms with Gasteiger partial charge in [-0.3, -0.25) is 9.59 Å². The highest BCUT2D eigenvalue weighted by molar-refractivity contribution is 6.30. The van der Waals surface area contributed by atoms with Crippen molar-refractivity contribution in [3.63, 3.8) is 0 Å². The van der Waals surface area contributed by atoms with Crippen LogP contribution < -0.4 is 4.90 Å². The third-order valence-electron chi connectivity index (χ3n) is 5.33. The van der Waals surface area contributed by atoms with Gasteiger partial charge in [0.1, 0.15) is 0 Å². The van der Waals surface area contributed by atoms with Crippen LogP contribution in [0.2, 0.25) is 5.02 Å². The van der Waals surface area contributed by atoms with Crippen LogP contribution in [0.15, 0.2) is 42.7 Å². The normalized spacial score (nSPS) is 17.9. The minimum atomic E-state index is -0.617. The van der Waals surface area contributed by atoms with Crippen LogP contribution in [0.3, 0.4) is 0 Å². The number of carbonyl (C=O) groups is 2. The Balaban J connectivity index is 1.28. The largest absolute Gasteiger partial charge is 0.455 e. The molecule has 2 aromatic rings. The number of amides is 1. The average Bonchev–Trinajstić information content (AvgIpc) is 3.55. The summed E-state index contributed by atoms with van der Waals surface area (Å²) in [5.41, 5.74) is 0.277. The fraction of sp³-hybridized carbons (Fsp3) is 0.400. The van der Waals surface area contributed by atoms with E-state index in [1.807, 2.05) is 17.0 Å². The molecular formula is C20H21ClN4O3. The first-order valence-electron chi connectivity index (χ1n) is 9.31. The Morgan fingerprint density at radius 2 is 1.68 bits per heavy atom. The van der Waals surface area contributed by atoms with Crippen LogP contribution in [-0.2, 0) is 19.7 Å². The number of piperazine rings is 1. The van der Waals surface area contributed by atoms with Crippen LogP contribution in [0.5, 0.6) is 0 Å². The third-order valence-corrected chi connectivity index (χ3v) is 5.58. The Hall–Kier alpha value is -2.67. The lowest BCUT2D eigenvalue weighted by Gasteiger charge is -2.34. The molecule has 1 saturated carbocycles. The summed E-state index contributed by atoms with van der Waals surface area (Å²) < 4.78 is 5.38. The van der Waals surface area contributed by atoms with E-state index in [1.165, 1.54) is 0 Å². The maximum Gasteiger partial charge on any atom is 0.317 e. The summed E-state index contributed by atoms with van der Waals surface area (Å²) in [4.78, 5) is 37.3. The second kappa shape index (κ2) is 7.75. The highest BCUT2D eigenvalue weighted by Gasteiger charge is 2.53. The number of halogens is 1. The van der Waals surface area contributed by atoms with E-state index in [2.05, 4.69) is 9.97 Å². The van der Waals surface area contributed by atoms with Crippen LogP contribution in [0.25, 0.3) is 0 Å². The number of hydrogen-bond acceptors (Lipinski definition) is 6. The minimum absolute atomic E-state index is 0.172. The lowest BCUT2D eigenvalue weighted by atomic mass is 9.96. The molecule has 0 N–H and O–H groups in total. The van der Waals surface area contributed by atoms with Gasteiger partial charge in [-0.25, -0.2) is 9.97 Å². The van der Waals surface area contributed by atoms with E-state index in [0.717, 1.165) is 18.4 Å². The smallest absolute Gasteiger partial charge is 0.317 e. The van der Waals surface area contributed by atoms with E-state index in [4.69, 9.17) is 16.3 Å². The van der Waals surface area contributed by atoms with Crippen molar-refractivity contribution in [2.45, 2.75) is 18.3 Å². The van der Waals surface area contributed by atoms with Crippen LogP contribution in [0, 0.1) is 0 Å². The lowest BCUT2D eigenvalue weighted by Crippen LogP contribution is -2.50. The van der Waals surface area contributed by atoms with Gasteiger partial charge in [0.15, 0.2) is 6.61 Å². The number of ether oxygens (including phenoxy) is 1. The molecule has 2 heterocycles. The first kappa shape index (κ1) is 18.7. The van der Waals surface area contributed by atoms with Crippen LogP contribution >= 0.6 is 11.6 Å². The number of carbonyl (C=O) groups excluding carboxylic acids is 2. The number of esters is 1. The van der Waals surface area contributed by atoms with Gasteiger partial charge in [-0.1, -0.05) is 23.7 Å². The summed E-state index contributed by atoms with van der Waals surface area (Å²) in [6, 6.07) is 9.01. The molecule has 146 valence electrons. The Bertz CT molecular complexity index is 848. The zero-order valence-corrected chi connectivity index (χ0v) is 16.1. The number of anilines is 1. The second-order valence-electron chi connectivity index (χ2n) is 7.08. The van der Waals surface area contributed by atoms with Crippen molar-refractivity contribution in [3.8, 4) is 0 Å². The highest BCUT2D eigenvalue weighted by atomic mass is 35.5. The Labute approximate surface area is 168 Å². The SMILES string of the molecule is O=C(COC(=O)C1(c2ccc(Cl)cc2)CC1)N1CCN(c2ncccn2)CC1. The number of nitrogens with zero attached hydrogens (tertiary/aromatic N) is 4. The Morgan fingerprint density at radius 3 is 2.29 bits per heavy atom. The van der Waals surface area contributed by atoms with Crippen molar-refractivity contribution in [1.82, 2.24) is 14.9 Å². The molecule has 1 aliphatic carbocycles. The fourth-order valence-corrected chi connectivity index (χ4v) is 3.60. The molecule has 0 unspecified atom stereocenters. The molecule has 1 aromatic carbocycles. The van der Waals surface area contributed by atoms with Crippen molar-refractivity contribution < 1.29 is 14.3 Å². The quantitative estimate of drug-likeness (QED) is 0.715. The van der Waals surface area contributed by atoms with Crippen LogP contribution in [0.4, 0.5) is 5.95 Å². The van der Waals surface area contributed by atoms with Gasteiger partial charge >= 0.3 is 5.97 Å². The van der Waals surface area contributed by atoms with E-state index in [1.54, 1.807) is 35.5 Å². The molecule has 0 atom stereocenters. The maximum atomic E-state index is 12.6. The molecular weight excluding hydrogens is 380 g/mol. The van der Waals surface area contributed by atoms with E-state index in [9.17, 15) is 9.59 Å². The molecule has 1 aliphatic heterocycles.